The van der Waals surface area contributed by atoms with Gasteiger partial charge in [-0.15, -0.1) is 0 Å². The summed E-state index contributed by atoms with van der Waals surface area (Å²) in [6.07, 6.45) is 1.37. The predicted octanol–water partition coefficient (Wildman–Crippen LogP) is 1.44. The maximum atomic E-state index is 11.4. The Balaban J connectivity index is 2.17. The van der Waals surface area contributed by atoms with E-state index < -0.39 is 11.5 Å². The first kappa shape index (κ1) is 14.7. The molecule has 1 aromatic heterocycles. The van der Waals surface area contributed by atoms with E-state index in [4.69, 9.17) is 0 Å². The molecule has 0 aliphatic carbocycles. The van der Waals surface area contributed by atoms with Crippen LogP contribution < -0.4 is 11.0 Å². The highest BCUT2D eigenvalue weighted by molar-refractivity contribution is 7.17. The summed E-state index contributed by atoms with van der Waals surface area (Å²) in [5.41, 5.74) is 2.47. The number of carbonyl (C=O) groups excluding carboxylic acids is 1. The van der Waals surface area contributed by atoms with Crippen molar-refractivity contribution < 1.29 is 14.6 Å². The highest BCUT2D eigenvalue weighted by Crippen LogP contribution is 2.16. The number of nitrogens with one attached hydrogen (secondary N) is 1. The molecule has 7 nitrogen and oxygen atoms in total. The molecule has 2 aromatic rings. The number of anilines is 1. The molecule has 2 N–H and O–H groups in total. The van der Waals surface area contributed by atoms with E-state index in [1.165, 1.54) is 19.4 Å². The molecule has 0 atom stereocenters. The Kier molecular flexibility index (Phi) is 4.62. The number of nitrogens with zero attached hydrogens (tertiary/aromatic N) is 2. The van der Waals surface area contributed by atoms with Crippen LogP contribution in [0.15, 0.2) is 40.2 Å². The van der Waals surface area contributed by atoms with Gasteiger partial charge in [-0.2, -0.15) is 10.1 Å². The minimum atomic E-state index is -0.618. The minimum Gasteiger partial charge on any atom is -0.507 e. The lowest BCUT2D eigenvalue weighted by molar-refractivity contribution is 0.0606. The van der Waals surface area contributed by atoms with Crippen molar-refractivity contribution in [3.63, 3.8) is 0 Å². The Labute approximate surface area is 123 Å². The summed E-state index contributed by atoms with van der Waals surface area (Å²) in [5, 5.41) is 13.6. The van der Waals surface area contributed by atoms with E-state index in [2.05, 4.69) is 20.2 Å². The molecule has 0 saturated carbocycles. The van der Waals surface area contributed by atoms with Crippen molar-refractivity contribution in [3.05, 3.63) is 51.1 Å². The molecule has 0 spiro atoms. The van der Waals surface area contributed by atoms with Gasteiger partial charge in [-0.3, -0.25) is 10.2 Å². The first-order valence-corrected chi connectivity index (χ1v) is 6.59. The van der Waals surface area contributed by atoms with Gasteiger partial charge in [-0.25, -0.2) is 4.79 Å². The molecular weight excluding hydrogens is 294 g/mol. The number of methoxy groups -OCH3 is 1. The molecule has 1 heterocycles. The molecule has 21 heavy (non-hydrogen) atoms. The van der Waals surface area contributed by atoms with Crippen LogP contribution in [0.4, 0.5) is 5.13 Å². The minimum absolute atomic E-state index is 0.0764. The molecule has 0 aliphatic rings. The van der Waals surface area contributed by atoms with Crippen molar-refractivity contribution in [3.8, 4) is 5.75 Å². The van der Waals surface area contributed by atoms with Gasteiger partial charge < -0.3 is 9.84 Å². The van der Waals surface area contributed by atoms with Gasteiger partial charge in [0.15, 0.2) is 0 Å². The standard InChI is InChI=1S/C13H11N3O4S/c1-20-12(19)10-6-11(18)15-13(21-10)16-14-7-8-4-2-3-5-9(8)17/h2-7,17H,1H3,(H,15,16,18)/b14-7-. The SMILES string of the molecule is COC(=O)c1cc(=O)nc(N/N=C\c2ccccc2O)s1. The van der Waals surface area contributed by atoms with Gasteiger partial charge >= 0.3 is 5.97 Å². The van der Waals surface area contributed by atoms with E-state index in [0.717, 1.165) is 17.4 Å². The van der Waals surface area contributed by atoms with Crippen molar-refractivity contribution in [2.75, 3.05) is 12.5 Å². The van der Waals surface area contributed by atoms with Gasteiger partial charge in [0.1, 0.15) is 10.6 Å². The van der Waals surface area contributed by atoms with Gasteiger partial charge in [0, 0.05) is 11.6 Å². The van der Waals surface area contributed by atoms with Crippen molar-refractivity contribution in [2.24, 2.45) is 5.10 Å². The predicted molar refractivity (Wildman–Crippen MR) is 79.0 cm³/mol. The molecule has 0 bridgehead atoms. The second-order valence-corrected chi connectivity index (χ2v) is 4.82. The molecule has 1 aromatic carbocycles. The fourth-order valence-corrected chi connectivity index (χ4v) is 2.17. The highest BCUT2D eigenvalue weighted by atomic mass is 32.1. The van der Waals surface area contributed by atoms with E-state index in [9.17, 15) is 14.7 Å². The molecule has 8 heteroatoms. The average molecular weight is 305 g/mol. The third-order valence-corrected chi connectivity index (χ3v) is 3.24. The first-order chi connectivity index (χ1) is 10.1. The Hall–Kier alpha value is -2.74. The number of para-hydroxylation sites is 1. The van der Waals surface area contributed by atoms with Crippen LogP contribution >= 0.6 is 11.3 Å². The molecule has 0 unspecified atom stereocenters. The number of aromatic hydroxyl groups is 1. The molecule has 2 rings (SSSR count). The number of benzene rings is 1. The lowest BCUT2D eigenvalue weighted by Crippen LogP contribution is -2.10. The summed E-state index contributed by atoms with van der Waals surface area (Å²) in [5.74, 6) is -0.542. The van der Waals surface area contributed by atoms with E-state index in [1.807, 2.05) is 0 Å². The molecule has 0 fully saturated rings. The monoisotopic (exact) mass is 305 g/mol. The number of hydrazone groups is 1. The number of phenols is 1. The average Bonchev–Trinajstić information content (AvgIpc) is 2.48. The first-order valence-electron chi connectivity index (χ1n) is 5.77. The van der Waals surface area contributed by atoms with Gasteiger partial charge in [0.2, 0.25) is 5.13 Å². The summed E-state index contributed by atoms with van der Waals surface area (Å²) in [7, 11) is 1.23. The van der Waals surface area contributed by atoms with Crippen LogP contribution in [0.3, 0.4) is 0 Å². The number of carbonyl (C=O) groups is 1. The van der Waals surface area contributed by atoms with Crippen molar-refractivity contribution in [2.45, 2.75) is 0 Å². The zero-order chi connectivity index (χ0) is 15.2. The van der Waals surface area contributed by atoms with Crippen molar-refractivity contribution in [1.82, 2.24) is 4.98 Å². The topological polar surface area (TPSA) is 101 Å². The van der Waals surface area contributed by atoms with E-state index >= 15 is 0 Å². The largest absolute Gasteiger partial charge is 0.507 e. The van der Waals surface area contributed by atoms with E-state index in [1.54, 1.807) is 18.2 Å². The van der Waals surface area contributed by atoms with Gasteiger partial charge in [0.05, 0.1) is 13.3 Å². The van der Waals surface area contributed by atoms with Crippen molar-refractivity contribution >= 4 is 28.7 Å². The number of aromatic nitrogens is 1. The molecule has 108 valence electrons. The maximum absolute atomic E-state index is 11.4. The quantitative estimate of drug-likeness (QED) is 0.503. The normalized spacial score (nSPS) is 10.5. The van der Waals surface area contributed by atoms with Crippen LogP contribution in [0.1, 0.15) is 15.2 Å². The fraction of sp³-hybridized carbons (Fsp3) is 0.0769. The number of hydrogen-bond acceptors (Lipinski definition) is 8. The summed E-state index contributed by atoms with van der Waals surface area (Å²) >= 11 is 0.936. The third-order valence-electron chi connectivity index (χ3n) is 2.36. The summed E-state index contributed by atoms with van der Waals surface area (Å²) in [4.78, 5) is 26.5. The Morgan fingerprint density at radius 1 is 1.48 bits per heavy atom. The molecule has 0 aliphatic heterocycles. The maximum Gasteiger partial charge on any atom is 0.348 e. The van der Waals surface area contributed by atoms with Gasteiger partial charge in [0.25, 0.3) is 5.56 Å². The van der Waals surface area contributed by atoms with Crippen LogP contribution in [0.5, 0.6) is 5.75 Å². The second kappa shape index (κ2) is 6.62. The number of rotatable bonds is 4. The second-order valence-electron chi connectivity index (χ2n) is 3.79. The zero-order valence-corrected chi connectivity index (χ0v) is 11.8. The van der Waals surface area contributed by atoms with Gasteiger partial charge in [-0.05, 0) is 12.1 Å². The zero-order valence-electron chi connectivity index (χ0n) is 10.9. The van der Waals surface area contributed by atoms with E-state index in [0.29, 0.717) is 5.56 Å². The Morgan fingerprint density at radius 3 is 2.95 bits per heavy atom. The number of ether oxygens (including phenoxy) is 1. The summed E-state index contributed by atoms with van der Waals surface area (Å²) in [6.45, 7) is 0. The number of esters is 1. The van der Waals surface area contributed by atoms with Gasteiger partial charge in [-0.1, -0.05) is 23.5 Å². The van der Waals surface area contributed by atoms with Crippen LogP contribution in [0.2, 0.25) is 0 Å². The van der Waals surface area contributed by atoms with E-state index in [-0.39, 0.29) is 15.8 Å². The highest BCUT2D eigenvalue weighted by Gasteiger charge is 2.09. The Bertz CT molecular complexity index is 742. The summed E-state index contributed by atoms with van der Waals surface area (Å²) < 4.78 is 4.54. The third kappa shape index (κ3) is 3.86. The van der Waals surface area contributed by atoms with Crippen molar-refractivity contribution in [1.29, 1.82) is 0 Å². The lowest BCUT2D eigenvalue weighted by Gasteiger charge is -2.01. The van der Waals surface area contributed by atoms with Crippen LogP contribution in [0, 0.1) is 0 Å². The summed E-state index contributed by atoms with van der Waals surface area (Å²) in [6, 6.07) is 7.72. The molecule has 0 saturated heterocycles. The van der Waals surface area contributed by atoms with Crippen LogP contribution in [-0.4, -0.2) is 29.4 Å². The van der Waals surface area contributed by atoms with Crippen LogP contribution in [-0.2, 0) is 4.74 Å². The molecular formula is C13H11N3O4S. The fourth-order valence-electron chi connectivity index (χ4n) is 1.40. The Morgan fingerprint density at radius 2 is 2.24 bits per heavy atom. The number of phenolic OH excluding ortho intramolecular Hbond substituents is 1. The lowest BCUT2D eigenvalue weighted by atomic mass is 10.2. The molecule has 0 radical (unpaired) electrons. The van der Waals surface area contributed by atoms with Crippen LogP contribution in [0.25, 0.3) is 0 Å². The number of hydrogen-bond donors (Lipinski definition) is 2. The molecule has 0 amide bonds. The smallest absolute Gasteiger partial charge is 0.348 e.